The van der Waals surface area contributed by atoms with Crippen LogP contribution < -0.4 is 0 Å². The second-order valence-corrected chi connectivity index (χ2v) is 4.60. The first kappa shape index (κ1) is 13.2. The number of hydrogen-bond acceptors (Lipinski definition) is 2. The molecule has 0 saturated carbocycles. The number of aromatic amines is 1. The zero-order chi connectivity index (χ0) is 15.0. The summed E-state index contributed by atoms with van der Waals surface area (Å²) in [4.78, 5) is 18.0. The molecule has 0 amide bonds. The molecule has 0 unspecified atom stereocenters. The molecule has 2 N–H and O–H groups in total. The minimum atomic E-state index is -1.05. The molecule has 0 bridgehead atoms. The van der Waals surface area contributed by atoms with Gasteiger partial charge in [-0.15, -0.1) is 0 Å². The van der Waals surface area contributed by atoms with E-state index in [9.17, 15) is 13.6 Å². The molecule has 0 radical (unpaired) electrons. The molecule has 0 aliphatic heterocycles. The second-order valence-electron chi connectivity index (χ2n) is 4.60. The molecule has 6 heteroatoms. The quantitative estimate of drug-likeness (QED) is 0.778. The van der Waals surface area contributed by atoms with Crippen LogP contribution in [0.15, 0.2) is 36.4 Å². The number of benzene rings is 2. The Morgan fingerprint density at radius 1 is 1.19 bits per heavy atom. The lowest BCUT2D eigenvalue weighted by Gasteiger charge is -2.01. The molecular formula is C15H10F2N2O2. The highest BCUT2D eigenvalue weighted by molar-refractivity contribution is 5.92. The smallest absolute Gasteiger partial charge is 0.335 e. The summed E-state index contributed by atoms with van der Waals surface area (Å²) in [7, 11) is 0. The van der Waals surface area contributed by atoms with E-state index in [-0.39, 0.29) is 17.5 Å². The summed E-state index contributed by atoms with van der Waals surface area (Å²) in [5, 5.41) is 8.93. The normalized spacial score (nSPS) is 11.0. The Morgan fingerprint density at radius 3 is 2.57 bits per heavy atom. The van der Waals surface area contributed by atoms with Crippen molar-refractivity contribution >= 4 is 17.0 Å². The Hall–Kier alpha value is -2.76. The van der Waals surface area contributed by atoms with Crippen molar-refractivity contribution in [2.45, 2.75) is 6.42 Å². The SMILES string of the molecule is O=C(O)c1ccc2nc(Cc3c(F)cccc3F)[nH]c2c1. The zero-order valence-electron chi connectivity index (χ0n) is 10.7. The molecule has 1 heterocycles. The molecule has 0 fully saturated rings. The van der Waals surface area contributed by atoms with Crippen molar-refractivity contribution in [1.82, 2.24) is 9.97 Å². The first-order valence-corrected chi connectivity index (χ1v) is 6.19. The van der Waals surface area contributed by atoms with Gasteiger partial charge in [0.1, 0.15) is 17.5 Å². The van der Waals surface area contributed by atoms with Crippen molar-refractivity contribution < 1.29 is 18.7 Å². The summed E-state index contributed by atoms with van der Waals surface area (Å²) >= 11 is 0. The maximum Gasteiger partial charge on any atom is 0.335 e. The third-order valence-electron chi connectivity index (χ3n) is 3.18. The van der Waals surface area contributed by atoms with Gasteiger partial charge in [0.15, 0.2) is 0 Å². The van der Waals surface area contributed by atoms with Gasteiger partial charge in [-0.1, -0.05) is 6.07 Å². The number of carboxylic acids is 1. The molecule has 3 rings (SSSR count). The summed E-state index contributed by atoms with van der Waals surface area (Å²) in [6.07, 6.45) is -0.0322. The Morgan fingerprint density at radius 2 is 1.90 bits per heavy atom. The highest BCUT2D eigenvalue weighted by Gasteiger charge is 2.12. The van der Waals surface area contributed by atoms with Crippen LogP contribution in [0.25, 0.3) is 11.0 Å². The van der Waals surface area contributed by atoms with Crippen molar-refractivity contribution in [2.75, 3.05) is 0 Å². The van der Waals surface area contributed by atoms with E-state index in [4.69, 9.17) is 5.11 Å². The van der Waals surface area contributed by atoms with E-state index in [2.05, 4.69) is 9.97 Å². The standard InChI is InChI=1S/C15H10F2N2O2/c16-10-2-1-3-11(17)9(10)7-14-18-12-5-4-8(15(20)21)6-13(12)19-14/h1-6H,7H2,(H,18,19)(H,20,21). The Balaban J connectivity index is 2.00. The van der Waals surface area contributed by atoms with Gasteiger partial charge in [0, 0.05) is 12.0 Å². The number of halogens is 2. The summed E-state index contributed by atoms with van der Waals surface area (Å²) in [6.45, 7) is 0. The Bertz CT molecular complexity index is 823. The fraction of sp³-hybridized carbons (Fsp3) is 0.0667. The Labute approximate surface area is 118 Å². The van der Waals surface area contributed by atoms with Crippen LogP contribution in [0.1, 0.15) is 21.7 Å². The van der Waals surface area contributed by atoms with Crippen molar-refractivity contribution in [3.63, 3.8) is 0 Å². The van der Waals surface area contributed by atoms with Gasteiger partial charge >= 0.3 is 5.97 Å². The fourth-order valence-electron chi connectivity index (χ4n) is 2.15. The highest BCUT2D eigenvalue weighted by Crippen LogP contribution is 2.19. The molecule has 0 saturated heterocycles. The maximum atomic E-state index is 13.6. The van der Waals surface area contributed by atoms with Gasteiger partial charge in [0.25, 0.3) is 0 Å². The van der Waals surface area contributed by atoms with Gasteiger partial charge in [0.2, 0.25) is 0 Å². The number of aromatic nitrogens is 2. The molecule has 106 valence electrons. The van der Waals surface area contributed by atoms with E-state index in [1.54, 1.807) is 6.07 Å². The number of rotatable bonds is 3. The van der Waals surface area contributed by atoms with E-state index >= 15 is 0 Å². The molecule has 0 aliphatic rings. The highest BCUT2D eigenvalue weighted by atomic mass is 19.1. The lowest BCUT2D eigenvalue weighted by molar-refractivity contribution is 0.0697. The van der Waals surface area contributed by atoms with Gasteiger partial charge in [0.05, 0.1) is 16.6 Å². The first-order valence-electron chi connectivity index (χ1n) is 6.19. The van der Waals surface area contributed by atoms with Crippen LogP contribution in [-0.2, 0) is 6.42 Å². The minimum absolute atomic E-state index is 0.0322. The van der Waals surface area contributed by atoms with Crippen LogP contribution in [0, 0.1) is 11.6 Å². The largest absolute Gasteiger partial charge is 0.478 e. The number of nitrogens with one attached hydrogen (secondary N) is 1. The average Bonchev–Trinajstić information content (AvgIpc) is 2.84. The van der Waals surface area contributed by atoms with Crippen molar-refractivity contribution in [1.29, 1.82) is 0 Å². The predicted molar refractivity (Wildman–Crippen MR) is 72.2 cm³/mol. The summed E-state index contributed by atoms with van der Waals surface area (Å²) in [6, 6.07) is 8.08. The minimum Gasteiger partial charge on any atom is -0.478 e. The van der Waals surface area contributed by atoms with Crippen LogP contribution in [0.2, 0.25) is 0 Å². The van der Waals surface area contributed by atoms with E-state index in [1.165, 1.54) is 30.3 Å². The number of nitrogens with zero attached hydrogens (tertiary/aromatic N) is 1. The number of carboxylic acid groups (broad SMARTS) is 1. The molecule has 3 aromatic rings. The van der Waals surface area contributed by atoms with Gasteiger partial charge in [-0.05, 0) is 30.3 Å². The van der Waals surface area contributed by atoms with Gasteiger partial charge in [-0.25, -0.2) is 18.6 Å². The molecule has 0 atom stereocenters. The third kappa shape index (κ3) is 2.47. The maximum absolute atomic E-state index is 13.6. The van der Waals surface area contributed by atoms with Crippen molar-refractivity contribution in [3.8, 4) is 0 Å². The molecule has 2 aromatic carbocycles. The predicted octanol–water partition coefficient (Wildman–Crippen LogP) is 3.13. The number of aromatic carboxylic acids is 1. The van der Waals surface area contributed by atoms with Crippen molar-refractivity contribution in [2.24, 2.45) is 0 Å². The lowest BCUT2D eigenvalue weighted by Crippen LogP contribution is -1.98. The fourth-order valence-corrected chi connectivity index (χ4v) is 2.15. The number of hydrogen-bond donors (Lipinski definition) is 2. The van der Waals surface area contributed by atoms with Crippen LogP contribution in [0.4, 0.5) is 8.78 Å². The van der Waals surface area contributed by atoms with Gasteiger partial charge in [-0.2, -0.15) is 0 Å². The molecule has 4 nitrogen and oxygen atoms in total. The summed E-state index contributed by atoms with van der Waals surface area (Å²) < 4.78 is 27.2. The molecule has 21 heavy (non-hydrogen) atoms. The molecule has 1 aromatic heterocycles. The van der Waals surface area contributed by atoms with Crippen LogP contribution in [-0.4, -0.2) is 21.0 Å². The van der Waals surface area contributed by atoms with Gasteiger partial charge < -0.3 is 10.1 Å². The monoisotopic (exact) mass is 288 g/mol. The van der Waals surface area contributed by atoms with Crippen molar-refractivity contribution in [3.05, 3.63) is 65.0 Å². The van der Waals surface area contributed by atoms with E-state index in [1.807, 2.05) is 0 Å². The van der Waals surface area contributed by atoms with Crippen LogP contribution in [0.3, 0.4) is 0 Å². The van der Waals surface area contributed by atoms with Crippen LogP contribution in [0.5, 0.6) is 0 Å². The van der Waals surface area contributed by atoms with E-state index in [0.717, 1.165) is 0 Å². The summed E-state index contributed by atoms with van der Waals surface area (Å²) in [5.74, 6) is -1.95. The topological polar surface area (TPSA) is 66.0 Å². The average molecular weight is 288 g/mol. The molecule has 0 spiro atoms. The summed E-state index contributed by atoms with van der Waals surface area (Å²) in [5.41, 5.74) is 1.11. The number of fused-ring (bicyclic) bond motifs is 1. The first-order chi connectivity index (χ1) is 10.0. The number of imidazole rings is 1. The van der Waals surface area contributed by atoms with E-state index < -0.39 is 17.6 Å². The molecular weight excluding hydrogens is 278 g/mol. The zero-order valence-corrected chi connectivity index (χ0v) is 10.7. The lowest BCUT2D eigenvalue weighted by atomic mass is 10.1. The van der Waals surface area contributed by atoms with Crippen LogP contribution >= 0.6 is 0 Å². The Kier molecular flexibility index (Phi) is 3.13. The second kappa shape index (κ2) is 4.97. The molecule has 0 aliphatic carbocycles. The van der Waals surface area contributed by atoms with E-state index in [0.29, 0.717) is 16.9 Å². The number of H-pyrrole nitrogens is 1. The number of carbonyl (C=O) groups is 1. The van der Waals surface area contributed by atoms with Gasteiger partial charge in [-0.3, -0.25) is 0 Å². The third-order valence-corrected chi connectivity index (χ3v) is 3.18.